The van der Waals surface area contributed by atoms with Gasteiger partial charge in [-0.15, -0.1) is 0 Å². The third-order valence-electron chi connectivity index (χ3n) is 3.31. The molecule has 20 heavy (non-hydrogen) atoms. The molecule has 0 radical (unpaired) electrons. The van der Waals surface area contributed by atoms with Gasteiger partial charge in [0, 0.05) is 12.1 Å². The van der Waals surface area contributed by atoms with E-state index in [0.717, 1.165) is 22.4 Å². The summed E-state index contributed by atoms with van der Waals surface area (Å²) in [6.07, 6.45) is -1.04. The van der Waals surface area contributed by atoms with Gasteiger partial charge < -0.3 is 5.32 Å². The van der Waals surface area contributed by atoms with E-state index in [-0.39, 0.29) is 5.69 Å². The van der Waals surface area contributed by atoms with Crippen LogP contribution in [0.15, 0.2) is 18.3 Å². The van der Waals surface area contributed by atoms with Crippen LogP contribution in [-0.4, -0.2) is 16.8 Å². The van der Waals surface area contributed by atoms with Crippen LogP contribution in [0.1, 0.15) is 34.4 Å². The van der Waals surface area contributed by atoms with Crippen molar-refractivity contribution in [2.45, 2.75) is 33.7 Å². The molecule has 3 nitrogen and oxygen atoms in total. The van der Waals surface area contributed by atoms with Crippen molar-refractivity contribution in [3.63, 3.8) is 0 Å². The average Bonchev–Trinajstić information content (AvgIpc) is 2.72. The molecule has 0 atom stereocenters. The van der Waals surface area contributed by atoms with Crippen LogP contribution in [0.25, 0.3) is 5.69 Å². The minimum Gasteiger partial charge on any atom is -0.316 e. The maximum absolute atomic E-state index is 13.4. The summed E-state index contributed by atoms with van der Waals surface area (Å²) in [5, 5.41) is 7.07. The second kappa shape index (κ2) is 5.71. The van der Waals surface area contributed by atoms with Crippen molar-refractivity contribution >= 4 is 0 Å². The molecule has 1 aromatic carbocycles. The summed E-state index contributed by atoms with van der Waals surface area (Å²) in [6.45, 7) is 6.21. The molecular weight excluding hydrogens is 260 g/mol. The molecule has 5 heteroatoms. The number of rotatable bonds is 4. The molecule has 0 aliphatic rings. The highest BCUT2D eigenvalue weighted by atomic mass is 19.3. The molecule has 1 N–H and O–H groups in total. The molecule has 0 saturated heterocycles. The first-order chi connectivity index (χ1) is 9.45. The first-order valence-corrected chi connectivity index (χ1v) is 6.53. The van der Waals surface area contributed by atoms with E-state index in [1.165, 1.54) is 10.9 Å². The first-order valence-electron chi connectivity index (χ1n) is 6.53. The standard InChI is InChI=1S/C15H19F2N3/c1-9-5-10(2)13(11(3)6-9)20-14(15(16)17)12(7-18-4)8-19-20/h5-6,8,15,18H,7H2,1-4H3. The lowest BCUT2D eigenvalue weighted by atomic mass is 10.0. The Bertz CT molecular complexity index is 595. The van der Waals surface area contributed by atoms with Gasteiger partial charge in [-0.1, -0.05) is 17.7 Å². The fourth-order valence-corrected chi connectivity index (χ4v) is 2.64. The number of benzene rings is 1. The molecule has 0 aliphatic heterocycles. The normalized spacial score (nSPS) is 11.3. The number of aromatic nitrogens is 2. The molecule has 0 fully saturated rings. The number of nitrogens with one attached hydrogen (secondary N) is 1. The topological polar surface area (TPSA) is 29.9 Å². The highest BCUT2D eigenvalue weighted by Gasteiger charge is 2.22. The summed E-state index contributed by atoms with van der Waals surface area (Å²) in [4.78, 5) is 0. The quantitative estimate of drug-likeness (QED) is 0.929. The predicted octanol–water partition coefficient (Wildman–Crippen LogP) is 3.45. The summed E-state index contributed by atoms with van der Waals surface area (Å²) in [6, 6.07) is 3.97. The molecule has 0 unspecified atom stereocenters. The van der Waals surface area contributed by atoms with Crippen molar-refractivity contribution in [1.82, 2.24) is 15.1 Å². The summed E-state index contributed by atoms with van der Waals surface area (Å²) in [7, 11) is 1.73. The minimum absolute atomic E-state index is 0.0330. The predicted molar refractivity (Wildman–Crippen MR) is 75.5 cm³/mol. The smallest absolute Gasteiger partial charge is 0.280 e. The van der Waals surface area contributed by atoms with Gasteiger partial charge in [-0.2, -0.15) is 5.10 Å². The van der Waals surface area contributed by atoms with E-state index >= 15 is 0 Å². The van der Waals surface area contributed by atoms with Crippen molar-refractivity contribution < 1.29 is 8.78 Å². The molecule has 108 valence electrons. The SMILES string of the molecule is CNCc1cnn(-c2c(C)cc(C)cc2C)c1C(F)F. The van der Waals surface area contributed by atoms with Gasteiger partial charge in [0.05, 0.1) is 11.9 Å². The first kappa shape index (κ1) is 14.7. The van der Waals surface area contributed by atoms with Crippen LogP contribution in [0.5, 0.6) is 0 Å². The summed E-state index contributed by atoms with van der Waals surface area (Å²) in [5.74, 6) is 0. The molecule has 0 spiro atoms. The van der Waals surface area contributed by atoms with Gasteiger partial charge in [-0.3, -0.25) is 0 Å². The van der Waals surface area contributed by atoms with Crippen molar-refractivity contribution in [2.75, 3.05) is 7.05 Å². The van der Waals surface area contributed by atoms with Crippen molar-refractivity contribution in [3.05, 3.63) is 46.3 Å². The van der Waals surface area contributed by atoms with Gasteiger partial charge in [0.15, 0.2) is 0 Å². The lowest BCUT2D eigenvalue weighted by Crippen LogP contribution is -2.11. The second-order valence-corrected chi connectivity index (χ2v) is 5.05. The highest BCUT2D eigenvalue weighted by molar-refractivity contribution is 5.50. The van der Waals surface area contributed by atoms with Crippen LogP contribution >= 0.6 is 0 Å². The number of hydrogen-bond acceptors (Lipinski definition) is 2. The minimum atomic E-state index is -2.55. The fraction of sp³-hybridized carbons (Fsp3) is 0.400. The summed E-state index contributed by atoms with van der Waals surface area (Å²) < 4.78 is 28.1. The van der Waals surface area contributed by atoms with E-state index in [2.05, 4.69) is 10.4 Å². The Balaban J connectivity index is 2.64. The number of hydrogen-bond donors (Lipinski definition) is 1. The highest BCUT2D eigenvalue weighted by Crippen LogP contribution is 2.29. The van der Waals surface area contributed by atoms with E-state index in [9.17, 15) is 8.78 Å². The van der Waals surface area contributed by atoms with E-state index in [1.807, 2.05) is 32.9 Å². The zero-order chi connectivity index (χ0) is 14.9. The maximum atomic E-state index is 13.4. The van der Waals surface area contributed by atoms with Crippen molar-refractivity contribution in [1.29, 1.82) is 0 Å². The van der Waals surface area contributed by atoms with Crippen LogP contribution in [0.3, 0.4) is 0 Å². The number of aryl methyl sites for hydroxylation is 3. The Labute approximate surface area is 117 Å². The molecule has 0 bridgehead atoms. The van der Waals surface area contributed by atoms with E-state index in [4.69, 9.17) is 0 Å². The number of halogens is 2. The van der Waals surface area contributed by atoms with Gasteiger partial charge in [-0.25, -0.2) is 13.5 Å². The van der Waals surface area contributed by atoms with E-state index < -0.39 is 6.43 Å². The lowest BCUT2D eigenvalue weighted by molar-refractivity contribution is 0.141. The van der Waals surface area contributed by atoms with Gasteiger partial charge in [0.25, 0.3) is 6.43 Å². The monoisotopic (exact) mass is 279 g/mol. The zero-order valence-electron chi connectivity index (χ0n) is 12.2. The third-order valence-corrected chi connectivity index (χ3v) is 3.31. The summed E-state index contributed by atoms with van der Waals surface area (Å²) >= 11 is 0. The third kappa shape index (κ3) is 2.58. The lowest BCUT2D eigenvalue weighted by Gasteiger charge is -2.15. The molecule has 0 amide bonds. The zero-order valence-corrected chi connectivity index (χ0v) is 12.2. The van der Waals surface area contributed by atoms with Crippen LogP contribution in [0, 0.1) is 20.8 Å². The molecule has 0 aliphatic carbocycles. The second-order valence-electron chi connectivity index (χ2n) is 5.05. The Morgan fingerprint density at radius 3 is 2.30 bits per heavy atom. The molecular formula is C15H19F2N3. The van der Waals surface area contributed by atoms with E-state index in [0.29, 0.717) is 12.1 Å². The maximum Gasteiger partial charge on any atom is 0.280 e. The molecule has 0 saturated carbocycles. The Morgan fingerprint density at radius 2 is 1.80 bits per heavy atom. The average molecular weight is 279 g/mol. The van der Waals surface area contributed by atoms with Crippen molar-refractivity contribution in [3.8, 4) is 5.69 Å². The largest absolute Gasteiger partial charge is 0.316 e. The van der Waals surface area contributed by atoms with Crippen LogP contribution < -0.4 is 5.32 Å². The van der Waals surface area contributed by atoms with E-state index in [1.54, 1.807) is 7.05 Å². The number of nitrogens with zero attached hydrogens (tertiary/aromatic N) is 2. The van der Waals surface area contributed by atoms with Crippen LogP contribution in [0.2, 0.25) is 0 Å². The Kier molecular flexibility index (Phi) is 4.18. The van der Waals surface area contributed by atoms with Crippen molar-refractivity contribution in [2.24, 2.45) is 0 Å². The Morgan fingerprint density at radius 1 is 1.20 bits per heavy atom. The molecule has 1 aromatic heterocycles. The molecule has 2 rings (SSSR count). The van der Waals surface area contributed by atoms with Crippen LogP contribution in [0.4, 0.5) is 8.78 Å². The Hall–Kier alpha value is -1.75. The van der Waals surface area contributed by atoms with Gasteiger partial charge in [-0.05, 0) is 38.9 Å². The number of alkyl halides is 2. The van der Waals surface area contributed by atoms with Gasteiger partial charge >= 0.3 is 0 Å². The molecule has 2 aromatic rings. The molecule has 1 heterocycles. The van der Waals surface area contributed by atoms with Gasteiger partial charge in [0.1, 0.15) is 5.69 Å². The fourth-order valence-electron chi connectivity index (χ4n) is 2.64. The van der Waals surface area contributed by atoms with Crippen LogP contribution in [-0.2, 0) is 6.54 Å². The van der Waals surface area contributed by atoms with Gasteiger partial charge in [0.2, 0.25) is 0 Å². The summed E-state index contributed by atoms with van der Waals surface area (Å²) in [5.41, 5.74) is 4.25.